The van der Waals surface area contributed by atoms with E-state index in [4.69, 9.17) is 0 Å². The van der Waals surface area contributed by atoms with Crippen molar-refractivity contribution < 1.29 is 19.1 Å². The van der Waals surface area contributed by atoms with Crippen LogP contribution in [-0.4, -0.2) is 26.2 Å². The Balaban J connectivity index is 4.77. The summed E-state index contributed by atoms with van der Waals surface area (Å²) in [4.78, 5) is 21.5. The van der Waals surface area contributed by atoms with Gasteiger partial charge in [-0.2, -0.15) is 0 Å². The molecule has 0 aliphatic rings. The van der Waals surface area contributed by atoms with E-state index < -0.39 is 0 Å². The maximum atomic E-state index is 11.4. The maximum absolute atomic E-state index is 11.4. The van der Waals surface area contributed by atoms with E-state index in [0.717, 1.165) is 22.3 Å². The van der Waals surface area contributed by atoms with Crippen molar-refractivity contribution in [3.05, 3.63) is 82.5 Å². The van der Waals surface area contributed by atoms with Crippen molar-refractivity contribution in [2.75, 3.05) is 13.7 Å². The lowest BCUT2D eigenvalue weighted by molar-refractivity contribution is -0.136. The average Bonchev–Trinajstić information content (AvgIpc) is 2.62. The van der Waals surface area contributed by atoms with Crippen molar-refractivity contribution in [1.82, 2.24) is 0 Å². The second-order valence-electron chi connectivity index (χ2n) is 6.19. The van der Waals surface area contributed by atoms with Gasteiger partial charge in [-0.15, -0.1) is 0 Å². The van der Waals surface area contributed by atoms with Gasteiger partial charge in [0.05, 0.1) is 7.11 Å². The summed E-state index contributed by atoms with van der Waals surface area (Å²) in [6.45, 7) is 10.3. The molecule has 0 fully saturated rings. The first kappa shape index (κ1) is 24.1. The van der Waals surface area contributed by atoms with Gasteiger partial charge in [0.2, 0.25) is 0 Å². The fourth-order valence-electron chi connectivity index (χ4n) is 2.06. The Kier molecular flexibility index (Phi) is 12.8. The summed E-state index contributed by atoms with van der Waals surface area (Å²) in [5, 5.41) is 0. The Hall–Kier alpha value is -2.88. The fraction of sp³-hybridized carbons (Fsp3) is 0.304. The van der Waals surface area contributed by atoms with Crippen LogP contribution in [0.25, 0.3) is 0 Å². The zero-order valence-corrected chi connectivity index (χ0v) is 17.1. The summed E-state index contributed by atoms with van der Waals surface area (Å²) in [5.41, 5.74) is 4.70. The minimum absolute atomic E-state index is 0.307. The Morgan fingerprint density at radius 3 is 2.04 bits per heavy atom. The maximum Gasteiger partial charge on any atom is 0.333 e. The molecule has 0 heterocycles. The minimum Gasteiger partial charge on any atom is -0.466 e. The van der Waals surface area contributed by atoms with Gasteiger partial charge in [0, 0.05) is 5.57 Å². The topological polar surface area (TPSA) is 52.6 Å². The van der Waals surface area contributed by atoms with Crippen LogP contribution in [0.1, 0.15) is 34.6 Å². The molecule has 0 radical (unpaired) electrons. The highest BCUT2D eigenvalue weighted by Crippen LogP contribution is 2.08. The first-order valence-corrected chi connectivity index (χ1v) is 8.66. The minimum atomic E-state index is -0.320. The highest BCUT2D eigenvalue weighted by Gasteiger charge is 2.01. The molecule has 0 unspecified atom stereocenters. The molecule has 0 bridgehead atoms. The molecule has 0 amide bonds. The van der Waals surface area contributed by atoms with Gasteiger partial charge in [0.25, 0.3) is 6.47 Å². The van der Waals surface area contributed by atoms with Crippen LogP contribution in [0.4, 0.5) is 0 Å². The second kappa shape index (κ2) is 14.3. The van der Waals surface area contributed by atoms with E-state index >= 15 is 0 Å². The SMILES string of the molecule is COC(=O)C(C)=CC(C)=CC(C)=CC=CC=C(C)C=CC=C(C)COC=O. The molecule has 27 heavy (non-hydrogen) atoms. The number of hydrogen-bond acceptors (Lipinski definition) is 4. The lowest BCUT2D eigenvalue weighted by atomic mass is 10.1. The number of carbonyl (C=O) groups is 2. The summed E-state index contributed by atoms with van der Waals surface area (Å²) in [5.74, 6) is -0.320. The third kappa shape index (κ3) is 13.0. The van der Waals surface area contributed by atoms with Gasteiger partial charge < -0.3 is 9.47 Å². The predicted molar refractivity (Wildman–Crippen MR) is 111 cm³/mol. The molecule has 0 N–H and O–H groups in total. The molecule has 0 atom stereocenters. The van der Waals surface area contributed by atoms with Crippen molar-refractivity contribution in [2.24, 2.45) is 0 Å². The van der Waals surface area contributed by atoms with Crippen LogP contribution in [-0.2, 0) is 19.1 Å². The van der Waals surface area contributed by atoms with Crippen LogP contribution in [0.5, 0.6) is 0 Å². The molecule has 0 aliphatic heterocycles. The van der Waals surface area contributed by atoms with E-state index in [2.05, 4.69) is 9.47 Å². The largest absolute Gasteiger partial charge is 0.466 e. The van der Waals surface area contributed by atoms with E-state index in [-0.39, 0.29) is 5.97 Å². The molecule has 0 rings (SSSR count). The Morgan fingerprint density at radius 2 is 1.44 bits per heavy atom. The molecular weight excluding hydrogens is 340 g/mol. The number of hydrogen-bond donors (Lipinski definition) is 0. The third-order valence-corrected chi connectivity index (χ3v) is 3.36. The summed E-state index contributed by atoms with van der Waals surface area (Å²) in [6, 6.07) is 0. The molecule has 0 spiro atoms. The standard InChI is InChI=1S/C23H30O4/c1-18(12-9-13-20(3)16-27-17-24)10-7-8-11-19(2)14-21(4)15-22(5)23(25)26-6/h7-15,17H,16H2,1-6H3. The molecule has 0 aliphatic carbocycles. The van der Waals surface area contributed by atoms with Crippen LogP contribution in [0.15, 0.2) is 82.5 Å². The Bertz CT molecular complexity index is 711. The first-order valence-electron chi connectivity index (χ1n) is 8.66. The summed E-state index contributed by atoms with van der Waals surface area (Å²) >= 11 is 0. The number of allylic oxidation sites excluding steroid dienone is 12. The van der Waals surface area contributed by atoms with Crippen molar-refractivity contribution >= 4 is 12.4 Å². The number of carbonyl (C=O) groups excluding carboxylic acids is 2. The molecule has 0 saturated carbocycles. The molecule has 0 aromatic heterocycles. The number of rotatable bonds is 10. The zero-order chi connectivity index (χ0) is 20.7. The van der Waals surface area contributed by atoms with Gasteiger partial charge in [-0.3, -0.25) is 4.79 Å². The van der Waals surface area contributed by atoms with E-state index in [1.165, 1.54) is 7.11 Å². The van der Waals surface area contributed by atoms with Gasteiger partial charge in [-0.25, -0.2) is 4.79 Å². The second-order valence-corrected chi connectivity index (χ2v) is 6.19. The van der Waals surface area contributed by atoms with Gasteiger partial charge >= 0.3 is 5.97 Å². The summed E-state index contributed by atoms with van der Waals surface area (Å²) in [6.07, 6.45) is 17.6. The number of methoxy groups -OCH3 is 1. The summed E-state index contributed by atoms with van der Waals surface area (Å²) in [7, 11) is 1.37. The monoisotopic (exact) mass is 370 g/mol. The molecule has 0 aromatic carbocycles. The van der Waals surface area contributed by atoms with E-state index in [1.54, 1.807) is 13.0 Å². The van der Waals surface area contributed by atoms with Crippen LogP contribution >= 0.6 is 0 Å². The third-order valence-electron chi connectivity index (χ3n) is 3.36. The van der Waals surface area contributed by atoms with Crippen molar-refractivity contribution in [3.63, 3.8) is 0 Å². The average molecular weight is 370 g/mol. The number of esters is 1. The predicted octanol–water partition coefficient (Wildman–Crippen LogP) is 5.18. The normalized spacial score (nSPS) is 14.8. The molecule has 4 nitrogen and oxygen atoms in total. The van der Waals surface area contributed by atoms with E-state index in [9.17, 15) is 9.59 Å². The van der Waals surface area contributed by atoms with Crippen LogP contribution < -0.4 is 0 Å². The Morgan fingerprint density at radius 1 is 0.815 bits per heavy atom. The quantitative estimate of drug-likeness (QED) is 0.230. The molecule has 0 aromatic rings. The summed E-state index contributed by atoms with van der Waals surface area (Å²) < 4.78 is 9.36. The van der Waals surface area contributed by atoms with Gasteiger partial charge in [0.15, 0.2) is 0 Å². The van der Waals surface area contributed by atoms with Crippen molar-refractivity contribution in [1.29, 1.82) is 0 Å². The highest BCUT2D eigenvalue weighted by molar-refractivity contribution is 5.88. The van der Waals surface area contributed by atoms with E-state index in [1.807, 2.05) is 76.3 Å². The molecule has 0 saturated heterocycles. The molecule has 146 valence electrons. The Labute approximate surface area is 162 Å². The van der Waals surface area contributed by atoms with Crippen molar-refractivity contribution in [2.45, 2.75) is 34.6 Å². The lowest BCUT2D eigenvalue weighted by Gasteiger charge is -1.99. The van der Waals surface area contributed by atoms with Gasteiger partial charge in [0.1, 0.15) is 6.61 Å². The van der Waals surface area contributed by atoms with Gasteiger partial charge in [-0.1, -0.05) is 65.3 Å². The van der Waals surface area contributed by atoms with E-state index in [0.29, 0.717) is 18.7 Å². The first-order chi connectivity index (χ1) is 12.8. The zero-order valence-electron chi connectivity index (χ0n) is 17.1. The van der Waals surface area contributed by atoms with Crippen LogP contribution in [0, 0.1) is 0 Å². The smallest absolute Gasteiger partial charge is 0.333 e. The lowest BCUT2D eigenvalue weighted by Crippen LogP contribution is -2.01. The van der Waals surface area contributed by atoms with Crippen LogP contribution in [0.3, 0.4) is 0 Å². The van der Waals surface area contributed by atoms with Gasteiger partial charge in [-0.05, 0) is 46.3 Å². The molecule has 4 heteroatoms. The fourth-order valence-corrected chi connectivity index (χ4v) is 2.06. The highest BCUT2D eigenvalue weighted by atomic mass is 16.5. The van der Waals surface area contributed by atoms with Crippen LogP contribution in [0.2, 0.25) is 0 Å². The number of ether oxygens (including phenoxy) is 2. The van der Waals surface area contributed by atoms with Crippen molar-refractivity contribution in [3.8, 4) is 0 Å². The molecular formula is C23H30O4.